The number of pyridine rings is 2. The number of hydrogen-bond donors (Lipinski definition) is 0. The summed E-state index contributed by atoms with van der Waals surface area (Å²) in [5, 5.41) is 9.35. The Morgan fingerprint density at radius 2 is 1.81 bits per heavy atom. The molecule has 1 aliphatic carbocycles. The lowest BCUT2D eigenvalue weighted by Gasteiger charge is -2.49. The first-order chi connectivity index (χ1) is 15.3. The van der Waals surface area contributed by atoms with E-state index in [1.807, 2.05) is 12.1 Å². The van der Waals surface area contributed by atoms with E-state index >= 15 is 0 Å². The Balaban J connectivity index is 1.51. The molecule has 2 aromatic heterocycles. The third kappa shape index (κ3) is 3.18. The molecule has 2 fully saturated rings. The highest BCUT2D eigenvalue weighted by Crippen LogP contribution is 2.53. The van der Waals surface area contributed by atoms with Gasteiger partial charge < -0.3 is 9.47 Å². The number of piperazine rings is 1. The zero-order chi connectivity index (χ0) is 22.6. The van der Waals surface area contributed by atoms with Gasteiger partial charge in [0.2, 0.25) is 0 Å². The molecule has 164 valence electrons. The fraction of sp³-hybridized carbons (Fsp3) is 0.400. The summed E-state index contributed by atoms with van der Waals surface area (Å²) in [4.78, 5) is 22.0. The van der Waals surface area contributed by atoms with Crippen LogP contribution in [0, 0.1) is 17.1 Å². The Morgan fingerprint density at radius 3 is 2.47 bits per heavy atom. The normalized spacial score (nSPS) is 22.7. The summed E-state index contributed by atoms with van der Waals surface area (Å²) >= 11 is 0. The van der Waals surface area contributed by atoms with Gasteiger partial charge in [0.05, 0.1) is 11.2 Å². The largest absolute Gasteiger partial charge is 0.364 e. The molecule has 7 heteroatoms. The predicted octanol–water partition coefficient (Wildman–Crippen LogP) is 3.53. The first-order valence-electron chi connectivity index (χ1n) is 11.0. The molecule has 0 bridgehead atoms. The van der Waals surface area contributed by atoms with Gasteiger partial charge in [0.25, 0.3) is 5.56 Å². The van der Waals surface area contributed by atoms with Gasteiger partial charge in [-0.05, 0) is 56.5 Å². The van der Waals surface area contributed by atoms with Crippen molar-refractivity contribution in [2.45, 2.75) is 44.3 Å². The van der Waals surface area contributed by atoms with Crippen LogP contribution in [0.1, 0.15) is 37.9 Å². The number of fused-ring (bicyclic) bond motifs is 1. The van der Waals surface area contributed by atoms with Gasteiger partial charge in [-0.1, -0.05) is 12.1 Å². The Kier molecular flexibility index (Phi) is 4.79. The maximum absolute atomic E-state index is 13.5. The molecule has 0 N–H and O–H groups in total. The molecule has 1 aromatic carbocycles. The van der Waals surface area contributed by atoms with E-state index < -0.39 is 0 Å². The second kappa shape index (κ2) is 7.42. The highest BCUT2D eigenvalue weighted by atomic mass is 19.1. The minimum atomic E-state index is -0.211. The number of nitriles is 1. The molecular formula is C25H26FN5O. The number of anilines is 1. The van der Waals surface area contributed by atoms with Crippen molar-refractivity contribution in [1.29, 1.82) is 5.26 Å². The Labute approximate surface area is 186 Å². The van der Waals surface area contributed by atoms with Gasteiger partial charge in [-0.3, -0.25) is 9.69 Å². The van der Waals surface area contributed by atoms with Crippen LogP contribution in [0.2, 0.25) is 0 Å². The molecule has 0 spiro atoms. The molecule has 6 nitrogen and oxygen atoms in total. The first-order valence-corrected chi connectivity index (χ1v) is 11.0. The van der Waals surface area contributed by atoms with Gasteiger partial charge in [-0.15, -0.1) is 0 Å². The summed E-state index contributed by atoms with van der Waals surface area (Å²) < 4.78 is 15.1. The van der Waals surface area contributed by atoms with Crippen molar-refractivity contribution in [1.82, 2.24) is 14.5 Å². The molecule has 3 heterocycles. The summed E-state index contributed by atoms with van der Waals surface area (Å²) in [6, 6.07) is 14.5. The molecule has 0 unspecified atom stereocenters. The van der Waals surface area contributed by atoms with Crippen LogP contribution in [0.4, 0.5) is 10.1 Å². The zero-order valence-corrected chi connectivity index (χ0v) is 18.5. The number of aryl methyl sites for hydroxylation is 1. The predicted molar refractivity (Wildman–Crippen MR) is 122 cm³/mol. The molecule has 1 aliphatic heterocycles. The molecule has 32 heavy (non-hydrogen) atoms. The lowest BCUT2D eigenvalue weighted by Crippen LogP contribution is -2.59. The lowest BCUT2D eigenvalue weighted by molar-refractivity contribution is 0.0932. The van der Waals surface area contributed by atoms with Crippen LogP contribution in [0.15, 0.2) is 47.3 Å². The van der Waals surface area contributed by atoms with Crippen molar-refractivity contribution in [3.05, 3.63) is 69.9 Å². The Hall–Kier alpha value is -3.24. The van der Waals surface area contributed by atoms with Gasteiger partial charge >= 0.3 is 0 Å². The number of hydrogen-bond acceptors (Lipinski definition) is 5. The van der Waals surface area contributed by atoms with E-state index in [1.165, 1.54) is 5.56 Å². The smallest absolute Gasteiger partial charge is 0.252 e. The standard InChI is InChI=1S/C25H26FN5O/c1-16-15-31(25(10-11-25)18-4-6-19(26)7-5-18)17(2)14-30(16)22-12-23(32)29(3)21-9-8-20(13-27)28-24(21)22/h4-9,12,16-17H,10-11,14-15H2,1-3H3/t16-,17+/m0/s1. The van der Waals surface area contributed by atoms with Crippen LogP contribution in [0.5, 0.6) is 0 Å². The molecule has 5 rings (SSSR count). The molecular weight excluding hydrogens is 405 g/mol. The topological polar surface area (TPSA) is 65.2 Å². The maximum Gasteiger partial charge on any atom is 0.252 e. The van der Waals surface area contributed by atoms with E-state index in [4.69, 9.17) is 0 Å². The number of aromatic nitrogens is 2. The average Bonchev–Trinajstić information content (AvgIpc) is 3.59. The molecule has 0 amide bonds. The maximum atomic E-state index is 13.5. The minimum Gasteiger partial charge on any atom is -0.364 e. The molecule has 1 saturated heterocycles. The third-order valence-corrected chi connectivity index (χ3v) is 7.13. The summed E-state index contributed by atoms with van der Waals surface area (Å²) in [7, 11) is 1.73. The summed E-state index contributed by atoms with van der Waals surface area (Å²) in [5.41, 5.74) is 3.57. The van der Waals surface area contributed by atoms with Crippen molar-refractivity contribution in [3.63, 3.8) is 0 Å². The molecule has 0 radical (unpaired) electrons. The second-order valence-corrected chi connectivity index (χ2v) is 9.14. The van der Waals surface area contributed by atoms with Gasteiger partial charge in [0, 0.05) is 43.8 Å². The average molecular weight is 432 g/mol. The van der Waals surface area contributed by atoms with Crippen LogP contribution in [-0.4, -0.2) is 39.6 Å². The zero-order valence-electron chi connectivity index (χ0n) is 18.5. The first kappa shape index (κ1) is 20.7. The van der Waals surface area contributed by atoms with E-state index in [-0.39, 0.29) is 29.0 Å². The number of halogens is 1. The fourth-order valence-electron chi connectivity index (χ4n) is 5.27. The molecule has 1 saturated carbocycles. The van der Waals surface area contributed by atoms with E-state index in [9.17, 15) is 14.4 Å². The van der Waals surface area contributed by atoms with Crippen LogP contribution >= 0.6 is 0 Å². The SMILES string of the molecule is C[C@@H]1CN(c2cc(=O)n(C)c3ccc(C#N)nc23)[C@@H](C)CN1C1(c2ccc(F)cc2)CC1. The van der Waals surface area contributed by atoms with Crippen LogP contribution < -0.4 is 10.5 Å². The highest BCUT2D eigenvalue weighted by Gasteiger charge is 2.52. The quantitative estimate of drug-likeness (QED) is 0.635. The number of benzene rings is 1. The Morgan fingerprint density at radius 1 is 1.09 bits per heavy atom. The number of nitrogens with zero attached hydrogens (tertiary/aromatic N) is 5. The summed E-state index contributed by atoms with van der Waals surface area (Å²) in [6.45, 7) is 5.94. The lowest BCUT2D eigenvalue weighted by atomic mass is 9.97. The van der Waals surface area contributed by atoms with Crippen LogP contribution in [0.25, 0.3) is 11.0 Å². The van der Waals surface area contributed by atoms with E-state index in [1.54, 1.807) is 41.9 Å². The van der Waals surface area contributed by atoms with Crippen molar-refractivity contribution in [2.24, 2.45) is 7.05 Å². The summed E-state index contributed by atoms with van der Waals surface area (Å²) in [6.07, 6.45) is 2.13. The van der Waals surface area contributed by atoms with Gasteiger partial charge in [-0.2, -0.15) is 5.26 Å². The van der Waals surface area contributed by atoms with Crippen LogP contribution in [0.3, 0.4) is 0 Å². The van der Waals surface area contributed by atoms with E-state index in [0.717, 1.165) is 37.1 Å². The fourth-order valence-corrected chi connectivity index (χ4v) is 5.27. The molecule has 2 aliphatic rings. The third-order valence-electron chi connectivity index (χ3n) is 7.13. The number of rotatable bonds is 3. The molecule has 3 aromatic rings. The van der Waals surface area contributed by atoms with Gasteiger partial charge in [0.1, 0.15) is 23.1 Å². The highest BCUT2D eigenvalue weighted by molar-refractivity contribution is 5.89. The monoisotopic (exact) mass is 431 g/mol. The van der Waals surface area contributed by atoms with Gasteiger partial charge in [0.15, 0.2) is 0 Å². The Bertz CT molecular complexity index is 1290. The van der Waals surface area contributed by atoms with Crippen LogP contribution in [-0.2, 0) is 12.6 Å². The van der Waals surface area contributed by atoms with Crippen molar-refractivity contribution in [3.8, 4) is 6.07 Å². The van der Waals surface area contributed by atoms with Crippen molar-refractivity contribution >= 4 is 16.7 Å². The van der Waals surface area contributed by atoms with Crippen molar-refractivity contribution < 1.29 is 4.39 Å². The van der Waals surface area contributed by atoms with E-state index in [0.29, 0.717) is 11.2 Å². The minimum absolute atomic E-state index is 0.0331. The van der Waals surface area contributed by atoms with Crippen molar-refractivity contribution in [2.75, 3.05) is 18.0 Å². The van der Waals surface area contributed by atoms with E-state index in [2.05, 4.69) is 34.7 Å². The molecule has 2 atom stereocenters. The van der Waals surface area contributed by atoms with Gasteiger partial charge in [-0.25, -0.2) is 9.37 Å². The summed E-state index contributed by atoms with van der Waals surface area (Å²) in [5.74, 6) is -0.211. The second-order valence-electron chi connectivity index (χ2n) is 9.14.